The summed E-state index contributed by atoms with van der Waals surface area (Å²) in [4.78, 5) is 28.7. The number of alkyl carbamates (subject to hydrolysis) is 1. The highest BCUT2D eigenvalue weighted by molar-refractivity contribution is 5.81. The van der Waals surface area contributed by atoms with Crippen molar-refractivity contribution in [2.45, 2.75) is 83.5 Å². The number of anilines is 1. The molecule has 8 heteroatoms. The van der Waals surface area contributed by atoms with E-state index in [0.29, 0.717) is 18.9 Å². The van der Waals surface area contributed by atoms with Crippen LogP contribution in [-0.2, 0) is 31.8 Å². The lowest BCUT2D eigenvalue weighted by atomic mass is 9.79. The van der Waals surface area contributed by atoms with E-state index in [9.17, 15) is 9.59 Å². The van der Waals surface area contributed by atoms with E-state index in [4.69, 9.17) is 19.2 Å². The molecule has 1 aromatic heterocycles. The lowest BCUT2D eigenvalue weighted by Gasteiger charge is -2.35. The van der Waals surface area contributed by atoms with Crippen molar-refractivity contribution in [3.05, 3.63) is 23.4 Å². The molecule has 3 rings (SSSR count). The van der Waals surface area contributed by atoms with Crippen molar-refractivity contribution < 1.29 is 23.8 Å². The molecule has 1 saturated carbocycles. The first kappa shape index (κ1) is 24.3. The molecule has 0 aromatic carbocycles. The number of esters is 1. The Bertz CT molecular complexity index is 786. The van der Waals surface area contributed by atoms with Crippen LogP contribution in [0.3, 0.4) is 0 Å². The molecule has 1 fully saturated rings. The topological polar surface area (TPSA) is 98.8 Å². The zero-order chi connectivity index (χ0) is 23.1. The molecule has 1 atom stereocenters. The molecule has 1 aromatic rings. The summed E-state index contributed by atoms with van der Waals surface area (Å²) in [6.07, 6.45) is 6.33. The molecule has 0 bridgehead atoms. The predicted molar refractivity (Wildman–Crippen MR) is 122 cm³/mol. The van der Waals surface area contributed by atoms with Crippen LogP contribution in [0.25, 0.3) is 0 Å². The zero-order valence-electron chi connectivity index (χ0n) is 19.7. The Hall–Kier alpha value is -2.35. The molecule has 1 amide bonds. The average molecular weight is 448 g/mol. The van der Waals surface area contributed by atoms with Crippen LogP contribution in [0.5, 0.6) is 0 Å². The van der Waals surface area contributed by atoms with E-state index in [1.165, 1.54) is 19.1 Å². The third kappa shape index (κ3) is 7.36. The number of carbonyl (C=O) groups excluding carboxylic acids is 2. The molecular weight excluding hydrogens is 410 g/mol. The van der Waals surface area contributed by atoms with Crippen molar-refractivity contribution in [1.82, 2.24) is 10.3 Å². The molecule has 2 N–H and O–H groups in total. The minimum atomic E-state index is -0.783. The minimum absolute atomic E-state index is 0.206. The number of fused-ring (bicyclic) bond motifs is 1. The van der Waals surface area contributed by atoms with Gasteiger partial charge in [0.2, 0.25) is 0 Å². The molecule has 0 spiro atoms. The number of rotatable bonds is 9. The molecule has 8 nitrogen and oxygen atoms in total. The van der Waals surface area contributed by atoms with Crippen LogP contribution in [0, 0.1) is 5.92 Å². The molecule has 2 heterocycles. The summed E-state index contributed by atoms with van der Waals surface area (Å²) < 4.78 is 15.9. The first-order chi connectivity index (χ1) is 15.2. The van der Waals surface area contributed by atoms with Gasteiger partial charge in [0.25, 0.3) is 0 Å². The summed E-state index contributed by atoms with van der Waals surface area (Å²) in [5, 5.41) is 5.97. The Labute approximate surface area is 190 Å². The van der Waals surface area contributed by atoms with Gasteiger partial charge in [0.05, 0.1) is 13.2 Å². The van der Waals surface area contributed by atoms with Gasteiger partial charge in [0.1, 0.15) is 17.5 Å². The first-order valence-electron chi connectivity index (χ1n) is 11.6. The zero-order valence-corrected chi connectivity index (χ0v) is 19.7. The van der Waals surface area contributed by atoms with Gasteiger partial charge in [-0.2, -0.15) is 0 Å². The molecular formula is C24H37N3O5. The second-order valence-electron chi connectivity index (χ2n) is 9.72. The number of methoxy groups -OCH3 is 1. The van der Waals surface area contributed by atoms with E-state index in [1.54, 1.807) is 20.8 Å². The number of aromatic nitrogens is 1. The van der Waals surface area contributed by atoms with Crippen LogP contribution in [0.2, 0.25) is 0 Å². The van der Waals surface area contributed by atoms with E-state index >= 15 is 0 Å². The van der Waals surface area contributed by atoms with Gasteiger partial charge in [-0.05, 0) is 76.8 Å². The summed E-state index contributed by atoms with van der Waals surface area (Å²) in [5.74, 6) is 1.20. The highest BCUT2D eigenvalue weighted by atomic mass is 16.6. The SMILES string of the molecule is COC(=O)[C@H](CCOC1CC(CCc2ccc3c(n2)NCCC3)C1)NC(=O)OC(C)(C)C. The minimum Gasteiger partial charge on any atom is -0.467 e. The number of carbonyl (C=O) groups is 2. The van der Waals surface area contributed by atoms with Gasteiger partial charge < -0.3 is 24.8 Å². The number of ether oxygens (including phenoxy) is 3. The number of amides is 1. The van der Waals surface area contributed by atoms with Crippen LogP contribution in [-0.4, -0.2) is 55.1 Å². The third-order valence-electron chi connectivity index (χ3n) is 5.89. The number of hydrogen-bond donors (Lipinski definition) is 2. The van der Waals surface area contributed by atoms with E-state index in [-0.39, 0.29) is 6.10 Å². The highest BCUT2D eigenvalue weighted by Gasteiger charge is 2.31. The van der Waals surface area contributed by atoms with Crippen LogP contribution >= 0.6 is 0 Å². The smallest absolute Gasteiger partial charge is 0.408 e. The lowest BCUT2D eigenvalue weighted by Crippen LogP contribution is -2.45. The van der Waals surface area contributed by atoms with Crippen LogP contribution in [0.1, 0.15) is 64.1 Å². The fourth-order valence-corrected chi connectivity index (χ4v) is 4.10. The molecule has 2 aliphatic rings. The number of hydrogen-bond acceptors (Lipinski definition) is 7. The fourth-order valence-electron chi connectivity index (χ4n) is 4.10. The molecule has 178 valence electrons. The summed E-state index contributed by atoms with van der Waals surface area (Å²) in [6.45, 7) is 6.71. The van der Waals surface area contributed by atoms with E-state index in [2.05, 4.69) is 22.8 Å². The second-order valence-corrected chi connectivity index (χ2v) is 9.72. The Morgan fingerprint density at radius 3 is 2.78 bits per heavy atom. The number of pyridine rings is 1. The van der Waals surface area contributed by atoms with Crippen molar-refractivity contribution >= 4 is 17.9 Å². The fraction of sp³-hybridized carbons (Fsp3) is 0.708. The molecule has 1 aliphatic heterocycles. The predicted octanol–water partition coefficient (Wildman–Crippen LogP) is 3.62. The third-order valence-corrected chi connectivity index (χ3v) is 5.89. The maximum absolute atomic E-state index is 12.0. The van der Waals surface area contributed by atoms with Gasteiger partial charge in [0.15, 0.2) is 0 Å². The van der Waals surface area contributed by atoms with E-state index in [0.717, 1.165) is 50.2 Å². The van der Waals surface area contributed by atoms with Gasteiger partial charge in [-0.25, -0.2) is 14.6 Å². The van der Waals surface area contributed by atoms with Crippen LogP contribution < -0.4 is 10.6 Å². The largest absolute Gasteiger partial charge is 0.467 e. The highest BCUT2D eigenvalue weighted by Crippen LogP contribution is 2.34. The van der Waals surface area contributed by atoms with Crippen LogP contribution in [0.15, 0.2) is 12.1 Å². The van der Waals surface area contributed by atoms with Gasteiger partial charge >= 0.3 is 12.1 Å². The number of aryl methyl sites for hydroxylation is 2. The van der Waals surface area contributed by atoms with Crippen molar-refractivity contribution in [2.24, 2.45) is 5.92 Å². The van der Waals surface area contributed by atoms with Crippen molar-refractivity contribution in [2.75, 3.05) is 25.6 Å². The van der Waals surface area contributed by atoms with Gasteiger partial charge in [-0.15, -0.1) is 0 Å². The Morgan fingerprint density at radius 1 is 1.28 bits per heavy atom. The van der Waals surface area contributed by atoms with Gasteiger partial charge in [-0.3, -0.25) is 0 Å². The van der Waals surface area contributed by atoms with E-state index < -0.39 is 23.7 Å². The normalized spacial score (nSPS) is 20.9. The van der Waals surface area contributed by atoms with Crippen molar-refractivity contribution in [3.8, 4) is 0 Å². The Kier molecular flexibility index (Phi) is 8.34. The van der Waals surface area contributed by atoms with Crippen LogP contribution in [0.4, 0.5) is 10.6 Å². The van der Waals surface area contributed by atoms with Crippen molar-refractivity contribution in [3.63, 3.8) is 0 Å². The summed E-state index contributed by atoms with van der Waals surface area (Å²) >= 11 is 0. The van der Waals surface area contributed by atoms with Crippen molar-refractivity contribution in [1.29, 1.82) is 0 Å². The second kappa shape index (κ2) is 11.0. The first-order valence-corrected chi connectivity index (χ1v) is 11.6. The molecule has 1 aliphatic carbocycles. The van der Waals surface area contributed by atoms with Gasteiger partial charge in [-0.1, -0.05) is 6.07 Å². The standard InChI is InChI=1S/C24H37N3O5/c1-24(2,3)32-23(29)27-20(22(28)30-4)11-13-31-19-14-16(15-19)7-9-18-10-8-17-6-5-12-25-21(17)26-18/h8,10,16,19-20H,5-7,9,11-15H2,1-4H3,(H,25,26)(H,27,29)/t16?,19?,20-/m0/s1. The summed E-state index contributed by atoms with van der Waals surface area (Å²) in [6, 6.07) is 3.58. The molecule has 32 heavy (non-hydrogen) atoms. The quantitative estimate of drug-likeness (QED) is 0.558. The summed E-state index contributed by atoms with van der Waals surface area (Å²) in [5.41, 5.74) is 1.84. The summed E-state index contributed by atoms with van der Waals surface area (Å²) in [7, 11) is 1.30. The molecule has 0 saturated heterocycles. The van der Waals surface area contributed by atoms with Gasteiger partial charge in [0, 0.05) is 25.3 Å². The maximum Gasteiger partial charge on any atom is 0.408 e. The number of nitrogens with zero attached hydrogens (tertiary/aromatic N) is 1. The monoisotopic (exact) mass is 447 g/mol. The molecule has 0 unspecified atom stereocenters. The number of nitrogens with one attached hydrogen (secondary N) is 2. The Balaban J connectivity index is 1.33. The average Bonchev–Trinajstić information content (AvgIpc) is 2.71. The maximum atomic E-state index is 12.0. The van der Waals surface area contributed by atoms with E-state index in [1.807, 2.05) is 0 Å². The Morgan fingerprint density at radius 2 is 2.06 bits per heavy atom. The molecule has 0 radical (unpaired) electrons. The lowest BCUT2D eigenvalue weighted by molar-refractivity contribution is -0.144.